The van der Waals surface area contributed by atoms with Crippen LogP contribution in [0.25, 0.3) is 6.08 Å². The van der Waals surface area contributed by atoms with E-state index in [1.54, 1.807) is 24.3 Å². The summed E-state index contributed by atoms with van der Waals surface area (Å²) in [5.74, 6) is -0.940. The van der Waals surface area contributed by atoms with Crippen molar-refractivity contribution in [1.29, 1.82) is 0 Å². The second kappa shape index (κ2) is 10.4. The van der Waals surface area contributed by atoms with Gasteiger partial charge in [-0.2, -0.15) is 0 Å². The Kier molecular flexibility index (Phi) is 7.57. The van der Waals surface area contributed by atoms with Crippen LogP contribution in [0.15, 0.2) is 79.7 Å². The van der Waals surface area contributed by atoms with Gasteiger partial charge >= 0.3 is 6.03 Å². The molecule has 1 saturated heterocycles. The number of ether oxygens (including phenoxy) is 1. The molecule has 6 nitrogen and oxygen atoms in total. The van der Waals surface area contributed by atoms with Gasteiger partial charge in [-0.15, -0.1) is 0 Å². The maximum absolute atomic E-state index is 13.0. The third-order valence-electron chi connectivity index (χ3n) is 4.81. The Morgan fingerprint density at radius 1 is 0.912 bits per heavy atom. The Labute approximate surface area is 225 Å². The number of hydrogen-bond acceptors (Lipinski definition) is 4. The lowest BCUT2D eigenvalue weighted by Gasteiger charge is -2.26. The minimum atomic E-state index is -0.825. The summed E-state index contributed by atoms with van der Waals surface area (Å²) in [5, 5.41) is 2.66. The number of carbonyl (C=O) groups is 3. The zero-order valence-electron chi connectivity index (χ0n) is 17.2. The number of urea groups is 1. The van der Waals surface area contributed by atoms with Crippen molar-refractivity contribution in [2.24, 2.45) is 0 Å². The highest BCUT2D eigenvalue weighted by molar-refractivity contribution is 9.11. The van der Waals surface area contributed by atoms with E-state index < -0.39 is 17.8 Å². The van der Waals surface area contributed by atoms with E-state index in [-0.39, 0.29) is 5.57 Å². The normalized spacial score (nSPS) is 15.0. The van der Waals surface area contributed by atoms with Gasteiger partial charge in [0.25, 0.3) is 11.8 Å². The first-order valence-corrected chi connectivity index (χ1v) is 12.5. The first-order chi connectivity index (χ1) is 16.2. The van der Waals surface area contributed by atoms with Crippen LogP contribution in [0, 0.1) is 0 Å². The molecule has 1 aliphatic rings. The largest absolute Gasteiger partial charge is 0.487 e. The van der Waals surface area contributed by atoms with Gasteiger partial charge in [0.1, 0.15) is 17.9 Å². The number of halogens is 4. The van der Waals surface area contributed by atoms with Crippen molar-refractivity contribution in [2.45, 2.75) is 6.61 Å². The molecule has 1 heterocycles. The summed E-state index contributed by atoms with van der Waals surface area (Å²) >= 11 is 16.3. The van der Waals surface area contributed by atoms with E-state index in [0.717, 1.165) is 14.9 Å². The third kappa shape index (κ3) is 5.43. The van der Waals surface area contributed by atoms with Gasteiger partial charge in [0.05, 0.1) is 14.6 Å². The highest BCUT2D eigenvalue weighted by atomic mass is 79.9. The van der Waals surface area contributed by atoms with E-state index in [0.29, 0.717) is 37.6 Å². The van der Waals surface area contributed by atoms with Crippen molar-refractivity contribution < 1.29 is 19.1 Å². The van der Waals surface area contributed by atoms with Gasteiger partial charge in [-0.25, -0.2) is 9.69 Å². The molecule has 172 valence electrons. The number of carbonyl (C=O) groups excluding carboxylic acids is 3. The monoisotopic (exact) mass is 666 g/mol. The summed E-state index contributed by atoms with van der Waals surface area (Å²) in [6.45, 7) is 0.351. The predicted molar refractivity (Wildman–Crippen MR) is 141 cm³/mol. The molecule has 0 spiro atoms. The topological polar surface area (TPSA) is 75.7 Å². The molecule has 3 aromatic rings. The third-order valence-corrected chi connectivity index (χ3v) is 6.77. The first kappa shape index (κ1) is 24.7. The van der Waals surface area contributed by atoms with Crippen LogP contribution in [0.3, 0.4) is 0 Å². The fraction of sp³-hybridized carbons (Fsp3) is 0.0417. The van der Waals surface area contributed by atoms with E-state index in [9.17, 15) is 14.4 Å². The molecular weight excluding hydrogens is 655 g/mol. The van der Waals surface area contributed by atoms with Crippen LogP contribution < -0.4 is 15.0 Å². The summed E-state index contributed by atoms with van der Waals surface area (Å²) < 4.78 is 8.17. The van der Waals surface area contributed by atoms with Crippen LogP contribution >= 0.6 is 59.4 Å². The number of rotatable bonds is 5. The van der Waals surface area contributed by atoms with Crippen LogP contribution in [0.5, 0.6) is 5.75 Å². The second-order valence-electron chi connectivity index (χ2n) is 7.16. The molecule has 0 unspecified atom stereocenters. The lowest BCUT2D eigenvalue weighted by Crippen LogP contribution is -2.54. The molecule has 3 aromatic carbocycles. The van der Waals surface area contributed by atoms with Gasteiger partial charge in [-0.05, 0) is 97.6 Å². The Bertz CT molecular complexity index is 1300. The van der Waals surface area contributed by atoms with E-state index >= 15 is 0 Å². The Balaban J connectivity index is 1.60. The fourth-order valence-electron chi connectivity index (χ4n) is 3.19. The number of imide groups is 2. The highest BCUT2D eigenvalue weighted by Crippen LogP contribution is 2.36. The van der Waals surface area contributed by atoms with E-state index in [2.05, 4.69) is 53.1 Å². The molecule has 34 heavy (non-hydrogen) atoms. The molecule has 4 rings (SSSR count). The number of benzene rings is 3. The van der Waals surface area contributed by atoms with Crippen molar-refractivity contribution in [3.63, 3.8) is 0 Å². The molecule has 0 radical (unpaired) electrons. The number of nitrogens with one attached hydrogen (secondary N) is 1. The number of anilines is 1. The Hall–Kier alpha value is -2.46. The predicted octanol–water partition coefficient (Wildman–Crippen LogP) is 6.87. The minimum Gasteiger partial charge on any atom is -0.487 e. The summed E-state index contributed by atoms with van der Waals surface area (Å²) in [5.41, 5.74) is 1.66. The van der Waals surface area contributed by atoms with Crippen LogP contribution in [-0.4, -0.2) is 17.8 Å². The van der Waals surface area contributed by atoms with Gasteiger partial charge < -0.3 is 4.74 Å². The number of amides is 4. The van der Waals surface area contributed by atoms with Crippen molar-refractivity contribution >= 4 is 89.0 Å². The lowest BCUT2D eigenvalue weighted by molar-refractivity contribution is -0.122. The summed E-state index contributed by atoms with van der Waals surface area (Å²) in [4.78, 5) is 38.7. The smallest absolute Gasteiger partial charge is 0.335 e. The van der Waals surface area contributed by atoms with Gasteiger partial charge in [-0.1, -0.05) is 39.7 Å². The number of hydrogen-bond donors (Lipinski definition) is 1. The molecule has 10 heteroatoms. The SMILES string of the molecule is O=C1NC(=O)N(c2ccc(Cl)cc2)C(=O)/C1=C/c1cc(Br)c(OCc2ccc(Br)cc2)c(Br)c1. The van der Waals surface area contributed by atoms with Gasteiger partial charge in [-0.3, -0.25) is 14.9 Å². The first-order valence-electron chi connectivity index (χ1n) is 9.76. The lowest BCUT2D eigenvalue weighted by atomic mass is 10.1. The van der Waals surface area contributed by atoms with Gasteiger partial charge in [0, 0.05) is 9.50 Å². The van der Waals surface area contributed by atoms with Crippen LogP contribution in [-0.2, 0) is 16.2 Å². The molecule has 0 saturated carbocycles. The van der Waals surface area contributed by atoms with Crippen molar-refractivity contribution in [3.05, 3.63) is 95.8 Å². The summed E-state index contributed by atoms with van der Waals surface area (Å²) in [6, 6.07) is 16.5. The molecule has 1 N–H and O–H groups in total. The highest BCUT2D eigenvalue weighted by Gasteiger charge is 2.36. The van der Waals surface area contributed by atoms with Crippen molar-refractivity contribution in [3.8, 4) is 5.75 Å². The van der Waals surface area contributed by atoms with E-state index in [1.807, 2.05) is 24.3 Å². The number of nitrogens with zero attached hydrogens (tertiary/aromatic N) is 1. The maximum atomic E-state index is 13.0. The van der Waals surface area contributed by atoms with E-state index in [1.165, 1.54) is 18.2 Å². The standard InChI is InChI=1S/C24H14Br3ClN2O4/c25-15-3-1-13(2-4-15)12-34-21-19(26)10-14(11-20(21)27)9-18-22(31)29-24(33)30(23(18)32)17-7-5-16(28)6-8-17/h1-11H,12H2,(H,29,31,33)/b18-9+. The zero-order chi connectivity index (χ0) is 24.4. The molecular formula is C24H14Br3ClN2O4. The van der Waals surface area contributed by atoms with Gasteiger partial charge in [0.2, 0.25) is 0 Å². The van der Waals surface area contributed by atoms with Gasteiger partial charge in [0.15, 0.2) is 0 Å². The van der Waals surface area contributed by atoms with Crippen LogP contribution in [0.4, 0.5) is 10.5 Å². The maximum Gasteiger partial charge on any atom is 0.335 e. The van der Waals surface area contributed by atoms with Crippen LogP contribution in [0.2, 0.25) is 5.02 Å². The average molecular weight is 670 g/mol. The fourth-order valence-corrected chi connectivity index (χ4v) is 5.03. The van der Waals surface area contributed by atoms with Crippen molar-refractivity contribution in [2.75, 3.05) is 4.90 Å². The molecule has 0 aliphatic carbocycles. The zero-order valence-corrected chi connectivity index (χ0v) is 22.7. The Morgan fingerprint density at radius 3 is 2.15 bits per heavy atom. The molecule has 4 amide bonds. The van der Waals surface area contributed by atoms with Crippen LogP contribution in [0.1, 0.15) is 11.1 Å². The quantitative estimate of drug-likeness (QED) is 0.238. The average Bonchev–Trinajstić information content (AvgIpc) is 2.78. The number of barbiturate groups is 1. The van der Waals surface area contributed by atoms with E-state index in [4.69, 9.17) is 16.3 Å². The molecule has 0 aromatic heterocycles. The summed E-state index contributed by atoms with van der Waals surface area (Å²) in [6.07, 6.45) is 1.42. The van der Waals surface area contributed by atoms with Crippen molar-refractivity contribution in [1.82, 2.24) is 5.32 Å². The molecule has 1 fully saturated rings. The minimum absolute atomic E-state index is 0.183. The molecule has 0 atom stereocenters. The summed E-state index contributed by atoms with van der Waals surface area (Å²) in [7, 11) is 0. The Morgan fingerprint density at radius 2 is 1.53 bits per heavy atom. The second-order valence-corrected chi connectivity index (χ2v) is 10.2. The molecule has 1 aliphatic heterocycles. The molecule has 0 bridgehead atoms.